The molecule has 0 heterocycles. The molecule has 0 aliphatic carbocycles. The average molecular weight is 158 g/mol. The van der Waals surface area contributed by atoms with Gasteiger partial charge in [-0.2, -0.15) is 0 Å². The molecule has 0 rings (SSSR count). The van der Waals surface area contributed by atoms with Crippen LogP contribution in [0.1, 0.15) is 20.8 Å². The Labute approximate surface area is 66.7 Å². The van der Waals surface area contributed by atoms with Gasteiger partial charge in [0.1, 0.15) is 0 Å². The predicted molar refractivity (Wildman–Crippen MR) is 48.9 cm³/mol. The van der Waals surface area contributed by atoms with Crippen molar-refractivity contribution in [2.45, 2.75) is 20.8 Å². The summed E-state index contributed by atoms with van der Waals surface area (Å²) in [4.78, 5) is 4.13. The maximum atomic E-state index is 5.17. The summed E-state index contributed by atoms with van der Waals surface area (Å²) in [5.74, 6) is 0.480. The third-order valence-corrected chi connectivity index (χ3v) is 1.38. The van der Waals surface area contributed by atoms with Crippen molar-refractivity contribution in [3.63, 3.8) is 0 Å². The second-order valence-electron chi connectivity index (χ2n) is 2.24. The summed E-state index contributed by atoms with van der Waals surface area (Å²) < 4.78 is 0. The highest BCUT2D eigenvalue weighted by molar-refractivity contribution is 8.10. The van der Waals surface area contributed by atoms with Gasteiger partial charge < -0.3 is 0 Å². The van der Waals surface area contributed by atoms with Crippen LogP contribution in [0.4, 0.5) is 0 Å². The van der Waals surface area contributed by atoms with Crippen LogP contribution in [0, 0.1) is 5.92 Å². The summed E-state index contributed by atoms with van der Waals surface area (Å²) in [5.41, 5.74) is 2.73. The Morgan fingerprint density at radius 2 is 2.20 bits per heavy atom. The van der Waals surface area contributed by atoms with Crippen molar-refractivity contribution in [2.24, 2.45) is 16.0 Å². The van der Waals surface area contributed by atoms with Crippen molar-refractivity contribution >= 4 is 17.5 Å². The van der Waals surface area contributed by atoms with Crippen LogP contribution < -0.4 is 5.14 Å². The second-order valence-corrected chi connectivity index (χ2v) is 2.72. The molecule has 0 aromatic heterocycles. The van der Waals surface area contributed by atoms with Crippen LogP contribution in [0.15, 0.2) is 16.8 Å². The standard InChI is InChI=1S/C7H14N2S/c1-4-7(6(2)3)9-5-10-8/h4-6H,8H2,1-3H3/b7-4-,9-5-. The zero-order valence-electron chi connectivity index (χ0n) is 6.66. The van der Waals surface area contributed by atoms with E-state index >= 15 is 0 Å². The van der Waals surface area contributed by atoms with E-state index < -0.39 is 0 Å². The molecule has 0 aromatic rings. The van der Waals surface area contributed by atoms with Crippen LogP contribution >= 0.6 is 11.9 Å². The van der Waals surface area contributed by atoms with Gasteiger partial charge in [-0.25, -0.2) is 0 Å². The van der Waals surface area contributed by atoms with Gasteiger partial charge >= 0.3 is 0 Å². The molecule has 3 heteroatoms. The first-order chi connectivity index (χ1) is 4.72. The average Bonchev–Trinajstić information content (AvgIpc) is 1.89. The van der Waals surface area contributed by atoms with Gasteiger partial charge in [-0.1, -0.05) is 19.9 Å². The van der Waals surface area contributed by atoms with Crippen LogP contribution in [0.5, 0.6) is 0 Å². The highest BCUT2D eigenvalue weighted by Gasteiger charge is 1.96. The third-order valence-electron chi connectivity index (χ3n) is 1.15. The zero-order valence-corrected chi connectivity index (χ0v) is 7.48. The number of aliphatic imine (C=N–C) groups is 1. The number of nitrogens with zero attached hydrogens (tertiary/aromatic N) is 1. The molecular weight excluding hydrogens is 144 g/mol. The molecule has 0 unspecified atom stereocenters. The largest absolute Gasteiger partial charge is 0.273 e. The molecule has 0 amide bonds. The zero-order chi connectivity index (χ0) is 7.98. The van der Waals surface area contributed by atoms with Crippen LogP contribution in [0.3, 0.4) is 0 Å². The van der Waals surface area contributed by atoms with E-state index in [-0.39, 0.29) is 0 Å². The first-order valence-electron chi connectivity index (χ1n) is 3.26. The van der Waals surface area contributed by atoms with Crippen LogP contribution in [0.2, 0.25) is 0 Å². The van der Waals surface area contributed by atoms with Gasteiger partial charge in [-0.15, -0.1) is 0 Å². The van der Waals surface area contributed by atoms with E-state index in [1.54, 1.807) is 5.55 Å². The van der Waals surface area contributed by atoms with Gasteiger partial charge in [0, 0.05) is 5.70 Å². The smallest absolute Gasteiger partial charge is 0.0750 e. The predicted octanol–water partition coefficient (Wildman–Crippen LogP) is 2.18. The van der Waals surface area contributed by atoms with Gasteiger partial charge in [0.25, 0.3) is 0 Å². The van der Waals surface area contributed by atoms with Crippen molar-refractivity contribution in [2.75, 3.05) is 0 Å². The molecule has 0 fully saturated rings. The Morgan fingerprint density at radius 3 is 2.50 bits per heavy atom. The minimum atomic E-state index is 0.480. The van der Waals surface area contributed by atoms with Crippen molar-refractivity contribution < 1.29 is 0 Å². The van der Waals surface area contributed by atoms with E-state index in [9.17, 15) is 0 Å². The minimum Gasteiger partial charge on any atom is -0.273 e. The van der Waals surface area contributed by atoms with Gasteiger partial charge in [-0.05, 0) is 24.8 Å². The fraction of sp³-hybridized carbons (Fsp3) is 0.571. The molecule has 0 atom stereocenters. The number of rotatable bonds is 3. The molecule has 0 saturated heterocycles. The Hall–Kier alpha value is -0.280. The Balaban J connectivity index is 3.98. The Kier molecular flexibility index (Phi) is 5.35. The molecular formula is C7H14N2S. The minimum absolute atomic E-state index is 0.480. The van der Waals surface area contributed by atoms with E-state index in [4.69, 9.17) is 5.14 Å². The van der Waals surface area contributed by atoms with E-state index in [0.29, 0.717) is 5.92 Å². The number of nitrogens with two attached hydrogens (primary N) is 1. The molecule has 0 aromatic carbocycles. The Morgan fingerprint density at radius 1 is 1.60 bits per heavy atom. The van der Waals surface area contributed by atoms with E-state index in [1.807, 2.05) is 13.0 Å². The normalized spacial score (nSPS) is 13.5. The summed E-state index contributed by atoms with van der Waals surface area (Å²) in [6, 6.07) is 0. The van der Waals surface area contributed by atoms with Crippen molar-refractivity contribution in [3.8, 4) is 0 Å². The highest BCUT2D eigenvalue weighted by atomic mass is 32.2. The van der Waals surface area contributed by atoms with E-state index in [2.05, 4.69) is 18.8 Å². The SMILES string of the molecule is C/C=C(\N=C/SN)C(C)C. The van der Waals surface area contributed by atoms with E-state index in [0.717, 1.165) is 17.6 Å². The molecule has 58 valence electrons. The quantitative estimate of drug-likeness (QED) is 0.388. The van der Waals surface area contributed by atoms with Gasteiger partial charge in [0.2, 0.25) is 0 Å². The van der Waals surface area contributed by atoms with Gasteiger partial charge in [-0.3, -0.25) is 10.1 Å². The fourth-order valence-electron chi connectivity index (χ4n) is 0.648. The molecule has 0 aliphatic heterocycles. The molecule has 0 saturated carbocycles. The lowest BCUT2D eigenvalue weighted by Crippen LogP contribution is -1.90. The maximum absolute atomic E-state index is 5.17. The summed E-state index contributed by atoms with van der Waals surface area (Å²) in [5, 5.41) is 5.17. The summed E-state index contributed by atoms with van der Waals surface area (Å²) >= 11 is 1.13. The topological polar surface area (TPSA) is 38.4 Å². The first kappa shape index (κ1) is 9.72. The molecule has 2 N–H and O–H groups in total. The van der Waals surface area contributed by atoms with Gasteiger partial charge in [0.05, 0.1) is 5.55 Å². The summed E-state index contributed by atoms with van der Waals surface area (Å²) in [7, 11) is 0. The van der Waals surface area contributed by atoms with Crippen LogP contribution in [-0.4, -0.2) is 5.55 Å². The molecule has 0 bridgehead atoms. The molecule has 0 radical (unpaired) electrons. The lowest BCUT2D eigenvalue weighted by Gasteiger charge is -2.02. The van der Waals surface area contributed by atoms with Gasteiger partial charge in [0.15, 0.2) is 0 Å². The monoisotopic (exact) mass is 158 g/mol. The number of hydrogen-bond acceptors (Lipinski definition) is 3. The van der Waals surface area contributed by atoms with Crippen molar-refractivity contribution in [3.05, 3.63) is 11.8 Å². The molecule has 0 spiro atoms. The number of hydrogen-bond donors (Lipinski definition) is 1. The van der Waals surface area contributed by atoms with Crippen LogP contribution in [0.25, 0.3) is 0 Å². The summed E-state index contributed by atoms with van der Waals surface area (Å²) in [6.07, 6.45) is 2.00. The Bertz CT molecular complexity index is 139. The lowest BCUT2D eigenvalue weighted by molar-refractivity contribution is 0.757. The van der Waals surface area contributed by atoms with Crippen molar-refractivity contribution in [1.29, 1.82) is 0 Å². The number of allylic oxidation sites excluding steroid dienone is 2. The molecule has 10 heavy (non-hydrogen) atoms. The van der Waals surface area contributed by atoms with Crippen molar-refractivity contribution in [1.82, 2.24) is 0 Å². The second kappa shape index (κ2) is 5.50. The van der Waals surface area contributed by atoms with Crippen LogP contribution in [-0.2, 0) is 0 Å². The molecule has 2 nitrogen and oxygen atoms in total. The maximum Gasteiger partial charge on any atom is 0.0750 e. The third kappa shape index (κ3) is 3.69. The lowest BCUT2D eigenvalue weighted by atomic mass is 10.1. The molecule has 0 aliphatic rings. The highest BCUT2D eigenvalue weighted by Crippen LogP contribution is 2.09. The van der Waals surface area contributed by atoms with E-state index in [1.165, 1.54) is 0 Å². The fourth-order valence-corrected chi connectivity index (χ4v) is 0.831. The first-order valence-corrected chi connectivity index (χ1v) is 4.21. The summed E-state index contributed by atoms with van der Waals surface area (Å²) in [6.45, 7) is 6.19.